The molecule has 0 saturated carbocycles. The third-order valence-corrected chi connectivity index (χ3v) is 6.70. The van der Waals surface area contributed by atoms with Gasteiger partial charge in [0.05, 0.1) is 19.9 Å². The molecular formula is C18H24Cl2N4O3S. The summed E-state index contributed by atoms with van der Waals surface area (Å²) < 4.78 is 23.7. The predicted molar refractivity (Wildman–Crippen MR) is 112 cm³/mol. The Morgan fingerprint density at radius 3 is 2.57 bits per heavy atom. The van der Waals surface area contributed by atoms with E-state index in [4.69, 9.17) is 28.1 Å². The van der Waals surface area contributed by atoms with Crippen LogP contribution in [0.25, 0.3) is 0 Å². The van der Waals surface area contributed by atoms with Gasteiger partial charge in [0.15, 0.2) is 11.9 Å². The van der Waals surface area contributed by atoms with Crippen molar-refractivity contribution < 1.29 is 14.0 Å². The van der Waals surface area contributed by atoms with Gasteiger partial charge in [-0.1, -0.05) is 11.6 Å². The zero-order chi connectivity index (χ0) is 20.3. The highest BCUT2D eigenvalue weighted by Gasteiger charge is 2.50. The Hall–Kier alpha value is -1.48. The van der Waals surface area contributed by atoms with Gasteiger partial charge in [-0.3, -0.25) is 0 Å². The summed E-state index contributed by atoms with van der Waals surface area (Å²) in [6.45, 7) is 2.88. The van der Waals surface area contributed by atoms with E-state index in [1.807, 2.05) is 12.1 Å². The number of nitrogens with zero attached hydrogens (tertiary/aromatic N) is 4. The highest BCUT2D eigenvalue weighted by Crippen LogP contribution is 2.31. The van der Waals surface area contributed by atoms with Crippen LogP contribution in [0.1, 0.15) is 32.6 Å². The van der Waals surface area contributed by atoms with E-state index in [1.165, 1.54) is 4.42 Å². The van der Waals surface area contributed by atoms with E-state index >= 15 is 0 Å². The van der Waals surface area contributed by atoms with Crippen LogP contribution in [0.5, 0.6) is 5.75 Å². The molecule has 2 aliphatic rings. The molecule has 0 N–H and O–H groups in total. The monoisotopic (exact) mass is 446 g/mol. The second-order valence-electron chi connectivity index (χ2n) is 6.70. The summed E-state index contributed by atoms with van der Waals surface area (Å²) in [5.41, 5.74) is 0.586. The minimum atomic E-state index is -1.43. The average molecular weight is 447 g/mol. The third kappa shape index (κ3) is 4.56. The molecule has 2 atom stereocenters. The molecule has 1 aromatic carbocycles. The SMILES string of the molecule is CC1N(Cl)C2=CN(C)[S+]([O-])N(CCCCCCOc3ccc(Cl)cc3)C2=[N+]1[O-]. The first-order chi connectivity index (χ1) is 13.4. The standard InChI is InChI=1S/C18H24Cl2N4O3S/c1-14-23(20)17-13-21(2)28(26)22(18(17)24(14)25)11-5-3-4-6-12-27-16-9-7-15(19)8-10-16/h7-10,13-14H,3-6,11-12H2,1-2H3. The number of ether oxygens (including phenoxy) is 1. The molecule has 10 heteroatoms. The molecule has 0 bridgehead atoms. The first-order valence-electron chi connectivity index (χ1n) is 9.21. The Kier molecular flexibility index (Phi) is 7.09. The molecule has 0 spiro atoms. The van der Waals surface area contributed by atoms with Gasteiger partial charge >= 0.3 is 5.84 Å². The number of hydrogen-bond acceptors (Lipinski definition) is 6. The fourth-order valence-electron chi connectivity index (χ4n) is 3.09. The zero-order valence-corrected chi connectivity index (χ0v) is 18.2. The topological polar surface area (TPSA) is 68.1 Å². The Morgan fingerprint density at radius 2 is 1.86 bits per heavy atom. The van der Waals surface area contributed by atoms with Crippen molar-refractivity contribution in [2.45, 2.75) is 38.8 Å². The lowest BCUT2D eigenvalue weighted by atomic mass is 10.2. The molecular weight excluding hydrogens is 423 g/mol. The maximum atomic E-state index is 12.6. The van der Waals surface area contributed by atoms with Gasteiger partial charge < -0.3 is 14.5 Å². The molecule has 0 aliphatic carbocycles. The smallest absolute Gasteiger partial charge is 0.352 e. The van der Waals surface area contributed by atoms with E-state index in [-0.39, 0.29) is 0 Å². The van der Waals surface area contributed by atoms with Crippen LogP contribution in [0, 0.1) is 5.21 Å². The van der Waals surface area contributed by atoms with Crippen molar-refractivity contribution >= 4 is 40.8 Å². The lowest BCUT2D eigenvalue weighted by Crippen LogP contribution is -2.49. The summed E-state index contributed by atoms with van der Waals surface area (Å²) in [5.74, 6) is 1.19. The van der Waals surface area contributed by atoms with Crippen molar-refractivity contribution in [3.05, 3.63) is 46.4 Å². The second kappa shape index (κ2) is 9.35. The molecule has 0 amide bonds. The quantitative estimate of drug-likeness (QED) is 0.199. The minimum Gasteiger partial charge on any atom is -0.713 e. The van der Waals surface area contributed by atoms with Gasteiger partial charge in [-0.05, 0) is 61.2 Å². The number of halogens is 2. The first kappa shape index (κ1) is 21.2. The van der Waals surface area contributed by atoms with Crippen molar-refractivity contribution in [3.8, 4) is 5.75 Å². The van der Waals surface area contributed by atoms with Crippen LogP contribution in [0.15, 0.2) is 36.2 Å². The first-order valence-corrected chi connectivity index (χ1v) is 11.0. The van der Waals surface area contributed by atoms with Crippen molar-refractivity contribution in [3.63, 3.8) is 0 Å². The summed E-state index contributed by atoms with van der Waals surface area (Å²) in [7, 11) is 1.71. The van der Waals surface area contributed by atoms with Crippen molar-refractivity contribution in [1.82, 2.24) is 13.0 Å². The van der Waals surface area contributed by atoms with Gasteiger partial charge in [-0.15, -0.1) is 0 Å². The molecule has 154 valence electrons. The van der Waals surface area contributed by atoms with Crippen LogP contribution in [0.4, 0.5) is 0 Å². The molecule has 0 saturated heterocycles. The second-order valence-corrected chi connectivity index (χ2v) is 8.98. The summed E-state index contributed by atoms with van der Waals surface area (Å²) >= 11 is 10.6. The molecule has 0 aromatic heterocycles. The van der Waals surface area contributed by atoms with Gasteiger partial charge in [-0.25, -0.2) is 9.16 Å². The van der Waals surface area contributed by atoms with Gasteiger partial charge in [-0.2, -0.15) is 4.31 Å². The molecule has 2 aliphatic heterocycles. The largest absolute Gasteiger partial charge is 0.713 e. The van der Waals surface area contributed by atoms with Gasteiger partial charge in [0.25, 0.3) is 11.5 Å². The summed E-state index contributed by atoms with van der Waals surface area (Å²) in [6, 6.07) is 7.31. The fraction of sp³-hybridized carbons (Fsp3) is 0.500. The van der Waals surface area contributed by atoms with Gasteiger partial charge in [0.1, 0.15) is 12.3 Å². The molecule has 0 radical (unpaired) electrons. The molecule has 1 aromatic rings. The van der Waals surface area contributed by atoms with E-state index in [1.54, 1.807) is 40.9 Å². The number of fused-ring (bicyclic) bond motifs is 1. The van der Waals surface area contributed by atoms with E-state index in [0.29, 0.717) is 29.7 Å². The van der Waals surface area contributed by atoms with Crippen LogP contribution >= 0.6 is 23.4 Å². The van der Waals surface area contributed by atoms with E-state index in [2.05, 4.69) is 0 Å². The predicted octanol–water partition coefficient (Wildman–Crippen LogP) is 3.67. The Bertz CT molecular complexity index is 747. The van der Waals surface area contributed by atoms with E-state index in [0.717, 1.165) is 36.2 Å². The number of benzene rings is 1. The number of rotatable bonds is 8. The number of hydroxylamine groups is 1. The minimum absolute atomic E-state index is 0.380. The van der Waals surface area contributed by atoms with Crippen molar-refractivity contribution in [2.75, 3.05) is 20.2 Å². The number of amidine groups is 1. The molecule has 3 rings (SSSR count). The zero-order valence-electron chi connectivity index (χ0n) is 15.9. The maximum Gasteiger partial charge on any atom is 0.352 e. The summed E-state index contributed by atoms with van der Waals surface area (Å²) in [6.07, 6.45) is 4.81. The Labute approximate surface area is 178 Å². The normalized spacial score (nSPS) is 21.9. The van der Waals surface area contributed by atoms with Gasteiger partial charge in [0, 0.05) is 16.8 Å². The Balaban J connectivity index is 1.44. The lowest BCUT2D eigenvalue weighted by Gasteiger charge is -2.27. The summed E-state index contributed by atoms with van der Waals surface area (Å²) in [5, 5.41) is 13.1. The van der Waals surface area contributed by atoms with Crippen molar-refractivity contribution in [2.24, 2.45) is 0 Å². The number of unbranched alkanes of at least 4 members (excludes halogenated alkanes) is 3. The average Bonchev–Trinajstić information content (AvgIpc) is 2.89. The highest BCUT2D eigenvalue weighted by molar-refractivity contribution is 7.87. The maximum absolute atomic E-state index is 12.6. The molecule has 2 unspecified atom stereocenters. The van der Waals surface area contributed by atoms with Crippen LogP contribution in [0.2, 0.25) is 5.02 Å². The molecule has 0 fully saturated rings. The highest BCUT2D eigenvalue weighted by atomic mass is 35.5. The molecule has 7 nitrogen and oxygen atoms in total. The van der Waals surface area contributed by atoms with Gasteiger partial charge in [0.2, 0.25) is 0 Å². The number of hydrogen-bond donors (Lipinski definition) is 0. The lowest BCUT2D eigenvalue weighted by molar-refractivity contribution is -0.506. The summed E-state index contributed by atoms with van der Waals surface area (Å²) in [4.78, 5) is 0. The van der Waals surface area contributed by atoms with Crippen LogP contribution in [-0.4, -0.2) is 54.5 Å². The molecule has 28 heavy (non-hydrogen) atoms. The van der Waals surface area contributed by atoms with Crippen LogP contribution < -0.4 is 4.74 Å². The van der Waals surface area contributed by atoms with Crippen LogP contribution in [-0.2, 0) is 11.5 Å². The Morgan fingerprint density at radius 1 is 1.18 bits per heavy atom. The van der Waals surface area contributed by atoms with Crippen LogP contribution in [0.3, 0.4) is 0 Å². The van der Waals surface area contributed by atoms with E-state index < -0.39 is 17.7 Å². The molecule has 2 heterocycles. The third-order valence-electron chi connectivity index (χ3n) is 4.65. The fourth-order valence-corrected chi connectivity index (χ4v) is 4.52. The van der Waals surface area contributed by atoms with Crippen molar-refractivity contribution in [1.29, 1.82) is 0 Å². The van der Waals surface area contributed by atoms with E-state index in [9.17, 15) is 9.76 Å².